The van der Waals surface area contributed by atoms with Gasteiger partial charge in [0.1, 0.15) is 0 Å². The Hall–Kier alpha value is 1.68. The van der Waals surface area contributed by atoms with E-state index in [2.05, 4.69) is 27.6 Å². The molecule has 0 aromatic carbocycles. The van der Waals surface area contributed by atoms with Crippen LogP contribution in [0.1, 0.15) is 0 Å². The van der Waals surface area contributed by atoms with Gasteiger partial charge in [0.15, 0.2) is 0 Å². The predicted octanol–water partition coefficient (Wildman–Crippen LogP) is -0.310. The molecule has 0 aliphatic rings. The molecule has 0 aromatic rings. The van der Waals surface area contributed by atoms with Crippen LogP contribution in [0.5, 0.6) is 0 Å². The molecule has 0 heterocycles. The Bertz CT molecular complexity index is 17.0. The maximum atomic E-state index is 4.26. The third kappa shape index (κ3) is 474. The van der Waals surface area contributed by atoms with Crippen LogP contribution in [0, 0.1) is 0 Å². The van der Waals surface area contributed by atoms with E-state index in [-0.39, 0.29) is 81.9 Å². The van der Waals surface area contributed by atoms with Gasteiger partial charge in [0.2, 0.25) is 0 Å². The van der Waals surface area contributed by atoms with Gasteiger partial charge in [-0.3, -0.25) is 0 Å². The van der Waals surface area contributed by atoms with Gasteiger partial charge in [-0.15, -0.1) is 0 Å². The molecule has 0 radical (unpaired) electrons. The van der Waals surface area contributed by atoms with Crippen LogP contribution in [0.4, 0.5) is 0 Å². The van der Waals surface area contributed by atoms with Crippen molar-refractivity contribution in [1.82, 2.24) is 0 Å². The second-order valence-electron chi connectivity index (χ2n) is 0.0583. The molecule has 0 spiro atoms. The molecule has 0 aliphatic carbocycles. The Kier molecular flexibility index (Phi) is 3270. The molecule has 0 amide bonds. The summed E-state index contributed by atoms with van der Waals surface area (Å²) in [4.78, 5) is 0. The molecular formula is H7AlCl2O8Zr. The largest absolute Gasteiger partial charge is 4.00 e. The van der Waals surface area contributed by atoms with Crippen molar-refractivity contribution in [3.05, 3.63) is 0 Å². The first-order valence-electron chi connectivity index (χ1n) is 0.309. The normalized spacial score (nSPS) is 1.50. The first-order valence-corrected chi connectivity index (χ1v) is 0.926. The molecule has 76 valence electrons. The summed E-state index contributed by atoms with van der Waals surface area (Å²) in [6, 6.07) is 0. The Morgan fingerprint density at radius 2 is 0.583 bits per heavy atom. The first-order chi connectivity index (χ1) is 1.41. The summed E-state index contributed by atoms with van der Waals surface area (Å²) < 4.78 is 3.19. The van der Waals surface area contributed by atoms with Crippen LogP contribution in [0.15, 0.2) is 0 Å². The summed E-state index contributed by atoms with van der Waals surface area (Å²) in [5.74, 6) is 0. The van der Waals surface area contributed by atoms with Gasteiger partial charge in [0, 0.05) is 0 Å². The number of hydrogen-bond donors (Lipinski definition) is 0. The molecule has 0 aliphatic heterocycles. The van der Waals surface area contributed by atoms with Crippen molar-refractivity contribution < 1.29 is 68.4 Å². The van der Waals surface area contributed by atoms with Crippen LogP contribution in [0.3, 0.4) is 0 Å². The van der Waals surface area contributed by atoms with Crippen molar-refractivity contribution in [3.8, 4) is 0 Å². The zero-order valence-corrected chi connectivity index (χ0v) is 10.5. The van der Waals surface area contributed by atoms with Crippen molar-refractivity contribution in [2.45, 2.75) is 0 Å². The van der Waals surface area contributed by atoms with Crippen molar-refractivity contribution in [2.24, 2.45) is 0 Å². The smallest absolute Gasteiger partial charge is 0.870 e. The Morgan fingerprint density at radius 1 is 0.583 bits per heavy atom. The quantitative estimate of drug-likeness (QED) is 0.536. The zero-order chi connectivity index (χ0) is 2.71. The fourth-order valence-electron chi connectivity index (χ4n) is 0. The summed E-state index contributed by atoms with van der Waals surface area (Å²) in [6.07, 6.45) is 0. The number of halogens is 2. The average molecular weight is 324 g/mol. The molecule has 0 bridgehead atoms. The monoisotopic (exact) mass is 322 g/mol. The van der Waals surface area contributed by atoms with Crippen molar-refractivity contribution in [1.29, 1.82) is 0 Å². The molecular weight excluding hydrogens is 317 g/mol. The SMILES string of the molecule is ClOCl.[Al+3].[OH-].[OH-].[OH-].[OH-].[OH-].[OH-].[OH-].[Zr+4]. The first kappa shape index (κ1) is 163. The van der Waals surface area contributed by atoms with Gasteiger partial charge in [0.05, 0.1) is 23.7 Å². The third-order valence-corrected chi connectivity index (χ3v) is 0. The molecule has 0 fully saturated rings. The molecule has 7 N–H and O–H groups in total. The van der Waals surface area contributed by atoms with Crippen LogP contribution in [-0.4, -0.2) is 55.7 Å². The zero-order valence-electron chi connectivity index (χ0n) is 5.37. The number of rotatable bonds is 0. The van der Waals surface area contributed by atoms with E-state index >= 15 is 0 Å². The standard InChI is InChI=1S/Al.Cl2O.7H2O.Zr/c;1-3-2;;;;;;;;/h;;7*1H2;/q+3;;;;;;;;;+4/p-7. The van der Waals surface area contributed by atoms with Gasteiger partial charge >= 0.3 is 43.6 Å². The van der Waals surface area contributed by atoms with E-state index in [9.17, 15) is 0 Å². The van der Waals surface area contributed by atoms with Crippen LogP contribution < -0.4 is 0 Å². The van der Waals surface area contributed by atoms with E-state index in [0.717, 1.165) is 0 Å². The van der Waals surface area contributed by atoms with Crippen molar-refractivity contribution in [2.75, 3.05) is 0 Å². The van der Waals surface area contributed by atoms with Crippen molar-refractivity contribution in [3.63, 3.8) is 0 Å². The van der Waals surface area contributed by atoms with Gasteiger partial charge in [-0.2, -0.15) is 3.84 Å². The summed E-state index contributed by atoms with van der Waals surface area (Å²) in [5.41, 5.74) is 0. The van der Waals surface area contributed by atoms with Gasteiger partial charge in [-0.05, 0) is 0 Å². The third-order valence-electron chi connectivity index (χ3n) is 0. The summed E-state index contributed by atoms with van der Waals surface area (Å²) in [6.45, 7) is 0. The minimum Gasteiger partial charge on any atom is -0.870 e. The van der Waals surface area contributed by atoms with Crippen LogP contribution >= 0.6 is 23.7 Å². The Balaban J connectivity index is -0.000000000556. The molecule has 8 nitrogen and oxygen atoms in total. The second kappa shape index (κ2) is 241. The Morgan fingerprint density at radius 3 is 0.583 bits per heavy atom. The van der Waals surface area contributed by atoms with E-state index in [1.54, 1.807) is 0 Å². The van der Waals surface area contributed by atoms with E-state index < -0.39 is 0 Å². The fraction of sp³-hybridized carbons (Fsp3) is 0. The number of hydrogen-bond acceptors (Lipinski definition) is 8. The van der Waals surface area contributed by atoms with E-state index in [0.29, 0.717) is 0 Å². The molecule has 12 heavy (non-hydrogen) atoms. The molecule has 0 aromatic heterocycles. The van der Waals surface area contributed by atoms with E-state index in [4.69, 9.17) is 0 Å². The van der Waals surface area contributed by atoms with Gasteiger partial charge in [0.25, 0.3) is 0 Å². The molecule has 0 atom stereocenters. The molecule has 0 unspecified atom stereocenters. The molecule has 0 rings (SSSR count). The van der Waals surface area contributed by atoms with Crippen molar-refractivity contribution >= 4 is 41.1 Å². The van der Waals surface area contributed by atoms with Gasteiger partial charge in [-0.1, -0.05) is 0 Å². The van der Waals surface area contributed by atoms with Gasteiger partial charge < -0.3 is 38.3 Å². The van der Waals surface area contributed by atoms with E-state index in [1.807, 2.05) is 0 Å². The average Bonchev–Trinajstić information content (AvgIpc) is 0.918. The van der Waals surface area contributed by atoms with E-state index in [1.165, 1.54) is 0 Å². The van der Waals surface area contributed by atoms with Gasteiger partial charge in [-0.25, -0.2) is 0 Å². The molecule has 0 saturated carbocycles. The van der Waals surface area contributed by atoms with Crippen LogP contribution in [0.2, 0.25) is 0 Å². The molecule has 12 heteroatoms. The Labute approximate surface area is 109 Å². The maximum Gasteiger partial charge on any atom is 4.00 e. The topological polar surface area (TPSA) is 219 Å². The predicted molar refractivity (Wildman–Crippen MR) is 32.1 cm³/mol. The summed E-state index contributed by atoms with van der Waals surface area (Å²) in [7, 11) is 0. The minimum atomic E-state index is 0. The maximum absolute atomic E-state index is 4.26. The molecule has 0 saturated heterocycles. The van der Waals surface area contributed by atoms with Crippen LogP contribution in [-0.2, 0) is 30.0 Å². The van der Waals surface area contributed by atoms with Crippen LogP contribution in [0.25, 0.3) is 0 Å². The second-order valence-corrected chi connectivity index (χ2v) is 0.525. The minimum absolute atomic E-state index is 0. The fourth-order valence-corrected chi connectivity index (χ4v) is 0. The summed E-state index contributed by atoms with van der Waals surface area (Å²) in [5, 5.41) is 0. The summed E-state index contributed by atoms with van der Waals surface area (Å²) >= 11 is 8.53.